The van der Waals surface area contributed by atoms with Crippen molar-refractivity contribution < 1.29 is 9.53 Å². The summed E-state index contributed by atoms with van der Waals surface area (Å²) >= 11 is 6.21. The van der Waals surface area contributed by atoms with Crippen molar-refractivity contribution in [2.24, 2.45) is 0 Å². The third kappa shape index (κ3) is 1.48. The number of benzene rings is 1. The van der Waals surface area contributed by atoms with Crippen LogP contribution < -0.4 is 4.74 Å². The van der Waals surface area contributed by atoms with Crippen molar-refractivity contribution in [3.63, 3.8) is 0 Å². The van der Waals surface area contributed by atoms with Gasteiger partial charge < -0.3 is 9.72 Å². The third-order valence-corrected chi connectivity index (χ3v) is 3.00. The number of hydrogen-bond acceptors (Lipinski definition) is 2. The van der Waals surface area contributed by atoms with Gasteiger partial charge in [-0.3, -0.25) is 4.79 Å². The standard InChI is InChI=1S/C12H12ClNO2/c1-6-10(7(2)15)11-8(14-6)4-5-9(16-3)12(11)13/h4-5,14H,1-3H3. The van der Waals surface area contributed by atoms with Crippen LogP contribution >= 0.6 is 11.6 Å². The molecule has 0 radical (unpaired) electrons. The highest BCUT2D eigenvalue weighted by Crippen LogP contribution is 2.36. The Kier molecular flexibility index (Phi) is 2.64. The van der Waals surface area contributed by atoms with E-state index < -0.39 is 0 Å². The van der Waals surface area contributed by atoms with Gasteiger partial charge in [0.05, 0.1) is 12.1 Å². The van der Waals surface area contributed by atoms with Gasteiger partial charge >= 0.3 is 0 Å². The molecule has 0 aliphatic rings. The second kappa shape index (κ2) is 3.83. The molecular weight excluding hydrogens is 226 g/mol. The average molecular weight is 238 g/mol. The number of aromatic amines is 1. The topological polar surface area (TPSA) is 42.1 Å². The number of aromatic nitrogens is 1. The highest BCUT2D eigenvalue weighted by molar-refractivity contribution is 6.38. The molecule has 3 nitrogen and oxygen atoms in total. The summed E-state index contributed by atoms with van der Waals surface area (Å²) in [6.45, 7) is 3.39. The summed E-state index contributed by atoms with van der Waals surface area (Å²) < 4.78 is 5.14. The van der Waals surface area contributed by atoms with E-state index >= 15 is 0 Å². The first kappa shape index (κ1) is 11.0. The summed E-state index contributed by atoms with van der Waals surface area (Å²) in [5, 5.41) is 1.22. The minimum Gasteiger partial charge on any atom is -0.495 e. The van der Waals surface area contributed by atoms with Gasteiger partial charge in [0.2, 0.25) is 0 Å². The van der Waals surface area contributed by atoms with Crippen molar-refractivity contribution in [1.82, 2.24) is 4.98 Å². The Bertz CT molecular complexity index is 572. The molecule has 4 heteroatoms. The molecule has 0 saturated carbocycles. The van der Waals surface area contributed by atoms with Crippen molar-refractivity contribution in [1.29, 1.82) is 0 Å². The summed E-state index contributed by atoms with van der Waals surface area (Å²) in [6.07, 6.45) is 0. The van der Waals surface area contributed by atoms with Crippen LogP contribution in [0.5, 0.6) is 5.75 Å². The predicted octanol–water partition coefficient (Wildman–Crippen LogP) is 3.34. The van der Waals surface area contributed by atoms with E-state index in [0.717, 1.165) is 16.6 Å². The lowest BCUT2D eigenvalue weighted by molar-refractivity contribution is 0.101. The summed E-state index contributed by atoms with van der Waals surface area (Å²) in [7, 11) is 1.56. The lowest BCUT2D eigenvalue weighted by atomic mass is 10.1. The van der Waals surface area contributed by atoms with Crippen LogP contribution in [0, 0.1) is 6.92 Å². The number of methoxy groups -OCH3 is 1. The second-order valence-corrected chi connectivity index (χ2v) is 4.06. The highest BCUT2D eigenvalue weighted by Gasteiger charge is 2.17. The van der Waals surface area contributed by atoms with Gasteiger partial charge in [-0.2, -0.15) is 0 Å². The Morgan fingerprint density at radius 1 is 1.44 bits per heavy atom. The van der Waals surface area contributed by atoms with Gasteiger partial charge in [-0.1, -0.05) is 11.6 Å². The molecule has 1 heterocycles. The average Bonchev–Trinajstić information content (AvgIpc) is 2.56. The number of halogens is 1. The number of H-pyrrole nitrogens is 1. The van der Waals surface area contributed by atoms with Crippen molar-refractivity contribution in [3.05, 3.63) is 28.4 Å². The molecule has 84 valence electrons. The maximum atomic E-state index is 11.6. The molecule has 0 bridgehead atoms. The van der Waals surface area contributed by atoms with Gasteiger partial charge in [-0.25, -0.2) is 0 Å². The molecule has 16 heavy (non-hydrogen) atoms. The second-order valence-electron chi connectivity index (χ2n) is 3.69. The minimum atomic E-state index is -0.00102. The summed E-state index contributed by atoms with van der Waals surface area (Å²) in [5.74, 6) is 0.578. The number of ether oxygens (including phenoxy) is 1. The quantitative estimate of drug-likeness (QED) is 0.814. The first-order valence-electron chi connectivity index (χ1n) is 4.92. The van der Waals surface area contributed by atoms with Gasteiger partial charge in [-0.05, 0) is 26.0 Å². The molecule has 0 saturated heterocycles. The van der Waals surface area contributed by atoms with Crippen LogP contribution in [0.15, 0.2) is 12.1 Å². The number of Topliss-reactive ketones (excluding diaryl/α,β-unsaturated/α-hetero) is 1. The van der Waals surface area contributed by atoms with E-state index in [1.807, 2.05) is 13.0 Å². The fourth-order valence-corrected chi connectivity index (χ4v) is 2.29. The molecule has 0 unspecified atom stereocenters. The zero-order valence-corrected chi connectivity index (χ0v) is 10.1. The molecule has 2 rings (SSSR count). The zero-order chi connectivity index (χ0) is 11.9. The maximum absolute atomic E-state index is 11.6. The zero-order valence-electron chi connectivity index (χ0n) is 9.35. The van der Waals surface area contributed by atoms with Crippen LogP contribution in [0.4, 0.5) is 0 Å². The van der Waals surface area contributed by atoms with Gasteiger partial charge in [0.1, 0.15) is 5.75 Å². The lowest BCUT2D eigenvalue weighted by Gasteiger charge is -2.04. The predicted molar refractivity (Wildman–Crippen MR) is 64.6 cm³/mol. The number of fused-ring (bicyclic) bond motifs is 1. The van der Waals surface area contributed by atoms with Crippen LogP contribution in [-0.4, -0.2) is 17.9 Å². The van der Waals surface area contributed by atoms with Crippen LogP contribution in [-0.2, 0) is 0 Å². The van der Waals surface area contributed by atoms with Crippen LogP contribution in [0.3, 0.4) is 0 Å². The number of nitrogens with one attached hydrogen (secondary N) is 1. The molecule has 0 aliphatic heterocycles. The Morgan fingerprint density at radius 3 is 2.69 bits per heavy atom. The molecule has 0 aliphatic carbocycles. The molecule has 1 N–H and O–H groups in total. The number of rotatable bonds is 2. The Morgan fingerprint density at radius 2 is 2.12 bits per heavy atom. The van der Waals surface area contributed by atoms with Crippen molar-refractivity contribution >= 4 is 28.3 Å². The van der Waals surface area contributed by atoms with E-state index in [9.17, 15) is 4.79 Å². The van der Waals surface area contributed by atoms with Gasteiger partial charge in [-0.15, -0.1) is 0 Å². The van der Waals surface area contributed by atoms with Crippen molar-refractivity contribution in [3.8, 4) is 5.75 Å². The summed E-state index contributed by atoms with van der Waals surface area (Å²) in [5.41, 5.74) is 2.32. The van der Waals surface area contributed by atoms with Crippen LogP contribution in [0.25, 0.3) is 10.9 Å². The van der Waals surface area contributed by atoms with E-state index in [2.05, 4.69) is 4.98 Å². The number of carbonyl (C=O) groups excluding carboxylic acids is 1. The normalized spacial score (nSPS) is 10.8. The Hall–Kier alpha value is -1.48. The largest absolute Gasteiger partial charge is 0.495 e. The van der Waals surface area contributed by atoms with E-state index in [1.165, 1.54) is 6.92 Å². The molecule has 0 spiro atoms. The third-order valence-electron chi connectivity index (χ3n) is 2.63. The summed E-state index contributed by atoms with van der Waals surface area (Å²) in [4.78, 5) is 14.7. The van der Waals surface area contributed by atoms with Gasteiger partial charge in [0.15, 0.2) is 5.78 Å². The fourth-order valence-electron chi connectivity index (χ4n) is 1.96. The first-order chi connectivity index (χ1) is 7.56. The number of aryl methyl sites for hydroxylation is 1. The Labute approximate surface area is 98.4 Å². The van der Waals surface area contributed by atoms with E-state index in [1.54, 1.807) is 13.2 Å². The molecular formula is C12H12ClNO2. The Balaban J connectivity index is 2.89. The van der Waals surface area contributed by atoms with Crippen molar-refractivity contribution in [2.45, 2.75) is 13.8 Å². The van der Waals surface area contributed by atoms with E-state index in [-0.39, 0.29) is 5.78 Å². The molecule has 0 atom stereocenters. The lowest BCUT2D eigenvalue weighted by Crippen LogP contribution is -1.94. The number of hydrogen-bond donors (Lipinski definition) is 1. The monoisotopic (exact) mass is 237 g/mol. The molecule has 2 aromatic rings. The molecule has 1 aromatic heterocycles. The molecule has 1 aromatic carbocycles. The number of carbonyl (C=O) groups is 1. The summed E-state index contributed by atoms with van der Waals surface area (Å²) in [6, 6.07) is 3.64. The van der Waals surface area contributed by atoms with Crippen molar-refractivity contribution in [2.75, 3.05) is 7.11 Å². The van der Waals surface area contributed by atoms with E-state index in [4.69, 9.17) is 16.3 Å². The van der Waals surface area contributed by atoms with Gasteiger partial charge in [0, 0.05) is 22.2 Å². The fraction of sp³-hybridized carbons (Fsp3) is 0.250. The minimum absolute atomic E-state index is 0.00102. The first-order valence-corrected chi connectivity index (χ1v) is 5.29. The molecule has 0 fully saturated rings. The van der Waals surface area contributed by atoms with Crippen LogP contribution in [0.1, 0.15) is 23.0 Å². The van der Waals surface area contributed by atoms with E-state index in [0.29, 0.717) is 16.3 Å². The highest BCUT2D eigenvalue weighted by atomic mass is 35.5. The smallest absolute Gasteiger partial charge is 0.162 e. The maximum Gasteiger partial charge on any atom is 0.162 e. The SMILES string of the molecule is COc1ccc2[nH]c(C)c(C(C)=O)c2c1Cl. The van der Waals surface area contributed by atoms with Gasteiger partial charge in [0.25, 0.3) is 0 Å². The molecule has 0 amide bonds. The van der Waals surface area contributed by atoms with Crippen LogP contribution in [0.2, 0.25) is 5.02 Å². The number of ketones is 1.